The van der Waals surface area contributed by atoms with Gasteiger partial charge in [0.25, 0.3) is 0 Å². The SMILES string of the molecule is CCC(C)C(=O)C(NC(=O)[C@H](CCC(=O)O)NC(=O)[C@@H]1CCCN1C(=O)[C@H](CC(C)C)NC)C(C)O. The lowest BCUT2D eigenvalue weighted by Crippen LogP contribution is -2.58. The van der Waals surface area contributed by atoms with Crippen LogP contribution in [0.2, 0.25) is 0 Å². The molecule has 0 radical (unpaired) electrons. The number of likely N-dealkylation sites (tertiary alicyclic amines) is 1. The molecule has 0 bridgehead atoms. The quantitative estimate of drug-likeness (QED) is 0.211. The minimum absolute atomic E-state index is 0.191. The number of carbonyl (C=O) groups excluding carboxylic acids is 4. The maximum Gasteiger partial charge on any atom is 0.303 e. The van der Waals surface area contributed by atoms with E-state index < -0.39 is 54.0 Å². The summed E-state index contributed by atoms with van der Waals surface area (Å²) in [5, 5.41) is 27.3. The standard InChI is InChI=1S/C25H44N4O7/c1-7-15(4)22(33)21(16(5)30)28-23(34)17(10-11-20(31)32)27-24(35)19-9-8-12-29(19)25(36)18(26-6)13-14(2)3/h14-19,21,26,30H,7-13H2,1-6H3,(H,27,35)(H,28,34)(H,31,32)/t15?,16?,17-,18-,19-,21?/m0/s1. The van der Waals surface area contributed by atoms with Crippen LogP contribution in [0.1, 0.15) is 73.1 Å². The minimum atomic E-state index is -1.24. The van der Waals surface area contributed by atoms with Crippen LogP contribution in [0.5, 0.6) is 0 Å². The fourth-order valence-electron chi connectivity index (χ4n) is 4.31. The molecule has 11 heteroatoms. The molecule has 5 N–H and O–H groups in total. The second kappa shape index (κ2) is 14.9. The average molecular weight is 513 g/mol. The summed E-state index contributed by atoms with van der Waals surface area (Å²) in [6.45, 7) is 9.30. The van der Waals surface area contributed by atoms with E-state index >= 15 is 0 Å². The smallest absolute Gasteiger partial charge is 0.303 e. The van der Waals surface area contributed by atoms with E-state index in [2.05, 4.69) is 16.0 Å². The third-order valence-electron chi connectivity index (χ3n) is 6.66. The molecule has 1 aliphatic rings. The van der Waals surface area contributed by atoms with Gasteiger partial charge in [0.05, 0.1) is 12.1 Å². The zero-order valence-corrected chi connectivity index (χ0v) is 22.4. The molecule has 1 heterocycles. The first-order valence-electron chi connectivity index (χ1n) is 12.9. The number of ketones is 1. The molecule has 1 rings (SSSR count). The average Bonchev–Trinajstić information content (AvgIpc) is 3.31. The van der Waals surface area contributed by atoms with Crippen molar-refractivity contribution in [3.63, 3.8) is 0 Å². The fraction of sp³-hybridized carbons (Fsp3) is 0.800. The predicted octanol–water partition coefficient (Wildman–Crippen LogP) is 0.442. The molecule has 11 nitrogen and oxygen atoms in total. The molecular weight excluding hydrogens is 468 g/mol. The lowest BCUT2D eigenvalue weighted by atomic mass is 9.94. The van der Waals surface area contributed by atoms with Crippen molar-refractivity contribution in [2.45, 2.75) is 103 Å². The van der Waals surface area contributed by atoms with Crippen LogP contribution in [0, 0.1) is 11.8 Å². The van der Waals surface area contributed by atoms with Gasteiger partial charge in [-0.2, -0.15) is 0 Å². The number of nitrogens with one attached hydrogen (secondary N) is 3. The van der Waals surface area contributed by atoms with Crippen molar-refractivity contribution < 1.29 is 34.2 Å². The molecule has 0 spiro atoms. The number of Topliss-reactive ketones (excluding diaryl/α,β-unsaturated/α-hetero) is 1. The van der Waals surface area contributed by atoms with Crippen LogP contribution in [0.15, 0.2) is 0 Å². The molecular formula is C25H44N4O7. The highest BCUT2D eigenvalue weighted by atomic mass is 16.4. The number of carboxylic acids is 1. The van der Waals surface area contributed by atoms with Gasteiger partial charge in [-0.05, 0) is 52.0 Å². The number of aliphatic hydroxyl groups is 1. The van der Waals surface area contributed by atoms with Crippen LogP contribution in [-0.4, -0.2) is 88.5 Å². The van der Waals surface area contributed by atoms with Crippen LogP contribution >= 0.6 is 0 Å². The predicted molar refractivity (Wildman–Crippen MR) is 134 cm³/mol. The second-order valence-corrected chi connectivity index (χ2v) is 10.1. The van der Waals surface area contributed by atoms with Gasteiger partial charge in [0.15, 0.2) is 5.78 Å². The van der Waals surface area contributed by atoms with Gasteiger partial charge < -0.3 is 31.1 Å². The van der Waals surface area contributed by atoms with E-state index in [1.165, 1.54) is 11.8 Å². The van der Waals surface area contributed by atoms with Gasteiger partial charge in [-0.25, -0.2) is 0 Å². The summed E-state index contributed by atoms with van der Waals surface area (Å²) >= 11 is 0. The van der Waals surface area contributed by atoms with E-state index in [4.69, 9.17) is 5.11 Å². The number of nitrogens with zero attached hydrogens (tertiary/aromatic N) is 1. The number of carbonyl (C=O) groups is 5. The first-order chi connectivity index (χ1) is 16.8. The Kier molecular flexibility index (Phi) is 13.0. The van der Waals surface area contributed by atoms with Crippen LogP contribution in [-0.2, 0) is 24.0 Å². The number of rotatable bonds is 15. The summed E-state index contributed by atoms with van der Waals surface area (Å²) in [4.78, 5) is 64.7. The van der Waals surface area contributed by atoms with Gasteiger partial charge in [0.2, 0.25) is 17.7 Å². The fourth-order valence-corrected chi connectivity index (χ4v) is 4.31. The summed E-state index contributed by atoms with van der Waals surface area (Å²) in [6.07, 6.45) is 0.410. The molecule has 0 saturated carbocycles. The molecule has 1 saturated heterocycles. The molecule has 3 unspecified atom stereocenters. The first kappa shape index (κ1) is 31.5. The highest BCUT2D eigenvalue weighted by Crippen LogP contribution is 2.21. The van der Waals surface area contributed by atoms with E-state index in [-0.39, 0.29) is 30.4 Å². The van der Waals surface area contributed by atoms with Crippen molar-refractivity contribution in [1.82, 2.24) is 20.9 Å². The molecule has 0 aromatic rings. The summed E-state index contributed by atoms with van der Waals surface area (Å²) in [6, 6.07) is -3.65. The van der Waals surface area contributed by atoms with E-state index in [1.54, 1.807) is 14.0 Å². The van der Waals surface area contributed by atoms with Gasteiger partial charge in [-0.1, -0.05) is 27.7 Å². The second-order valence-electron chi connectivity index (χ2n) is 10.1. The number of hydrogen-bond acceptors (Lipinski definition) is 7. The van der Waals surface area contributed by atoms with Gasteiger partial charge in [0.1, 0.15) is 18.1 Å². The summed E-state index contributed by atoms with van der Waals surface area (Å²) in [5.41, 5.74) is 0. The van der Waals surface area contributed by atoms with E-state index in [9.17, 15) is 29.1 Å². The van der Waals surface area contributed by atoms with Crippen LogP contribution in [0.3, 0.4) is 0 Å². The lowest BCUT2D eigenvalue weighted by molar-refractivity contribution is -0.142. The highest BCUT2D eigenvalue weighted by molar-refractivity contribution is 5.96. The molecule has 3 amide bonds. The van der Waals surface area contributed by atoms with Crippen molar-refractivity contribution in [3.05, 3.63) is 0 Å². The van der Waals surface area contributed by atoms with Crippen molar-refractivity contribution in [2.24, 2.45) is 11.8 Å². The number of hydrogen-bond donors (Lipinski definition) is 5. The van der Waals surface area contributed by atoms with Crippen molar-refractivity contribution in [2.75, 3.05) is 13.6 Å². The number of amides is 3. The maximum atomic E-state index is 13.2. The first-order valence-corrected chi connectivity index (χ1v) is 12.9. The summed E-state index contributed by atoms with van der Waals surface area (Å²) in [7, 11) is 1.70. The Hall–Kier alpha value is -2.53. The Labute approximate surface area is 213 Å². The van der Waals surface area contributed by atoms with Crippen molar-refractivity contribution >= 4 is 29.5 Å². The zero-order valence-electron chi connectivity index (χ0n) is 22.4. The Balaban J connectivity index is 3.04. The number of aliphatic hydroxyl groups excluding tert-OH is 1. The molecule has 0 aromatic carbocycles. The Morgan fingerprint density at radius 3 is 2.17 bits per heavy atom. The molecule has 206 valence electrons. The third kappa shape index (κ3) is 9.16. The van der Waals surface area contributed by atoms with Gasteiger partial charge in [0, 0.05) is 18.9 Å². The minimum Gasteiger partial charge on any atom is -0.481 e. The molecule has 1 fully saturated rings. The van der Waals surface area contributed by atoms with Crippen molar-refractivity contribution in [3.8, 4) is 0 Å². The number of carboxylic acid groups (broad SMARTS) is 1. The number of likely N-dealkylation sites (N-methyl/N-ethyl adjacent to an activating group) is 1. The highest BCUT2D eigenvalue weighted by Gasteiger charge is 2.39. The van der Waals surface area contributed by atoms with Gasteiger partial charge in [-0.3, -0.25) is 24.0 Å². The normalized spacial score (nSPS) is 19.8. The monoisotopic (exact) mass is 512 g/mol. The Morgan fingerprint density at radius 2 is 1.67 bits per heavy atom. The Bertz CT molecular complexity index is 786. The topological polar surface area (TPSA) is 165 Å². The van der Waals surface area contributed by atoms with E-state index in [0.717, 1.165) is 0 Å². The van der Waals surface area contributed by atoms with E-state index in [1.807, 2.05) is 20.8 Å². The number of aliphatic carboxylic acids is 1. The molecule has 0 aromatic heterocycles. The van der Waals surface area contributed by atoms with Gasteiger partial charge in [-0.15, -0.1) is 0 Å². The van der Waals surface area contributed by atoms with Crippen LogP contribution in [0.4, 0.5) is 0 Å². The zero-order chi connectivity index (χ0) is 27.6. The van der Waals surface area contributed by atoms with E-state index in [0.29, 0.717) is 32.2 Å². The Morgan fingerprint density at radius 1 is 1.03 bits per heavy atom. The molecule has 1 aliphatic heterocycles. The molecule has 36 heavy (non-hydrogen) atoms. The third-order valence-corrected chi connectivity index (χ3v) is 6.66. The van der Waals surface area contributed by atoms with Gasteiger partial charge >= 0.3 is 5.97 Å². The van der Waals surface area contributed by atoms with Crippen LogP contribution < -0.4 is 16.0 Å². The summed E-state index contributed by atoms with van der Waals surface area (Å²) in [5.74, 6) is -3.12. The maximum absolute atomic E-state index is 13.2. The lowest BCUT2D eigenvalue weighted by Gasteiger charge is -2.30. The largest absolute Gasteiger partial charge is 0.481 e. The van der Waals surface area contributed by atoms with Crippen LogP contribution in [0.25, 0.3) is 0 Å². The van der Waals surface area contributed by atoms with Crippen molar-refractivity contribution in [1.29, 1.82) is 0 Å². The summed E-state index contributed by atoms with van der Waals surface area (Å²) < 4.78 is 0. The molecule has 6 atom stereocenters. The molecule has 0 aliphatic carbocycles.